The van der Waals surface area contributed by atoms with Crippen molar-refractivity contribution in [2.24, 2.45) is 5.92 Å². The van der Waals surface area contributed by atoms with Gasteiger partial charge in [-0.05, 0) is 38.2 Å². The molecule has 1 aliphatic heterocycles. The van der Waals surface area contributed by atoms with E-state index in [0.29, 0.717) is 0 Å². The Balaban J connectivity index is 1.96. The summed E-state index contributed by atoms with van der Waals surface area (Å²) in [4.78, 5) is 15.8. The first-order valence-electron chi connectivity index (χ1n) is 9.19. The lowest BCUT2D eigenvalue weighted by atomic mass is 9.81. The van der Waals surface area contributed by atoms with Gasteiger partial charge in [0.15, 0.2) is 0 Å². The fraction of sp³-hybridized carbons (Fsp3) is 0.550. The van der Waals surface area contributed by atoms with Gasteiger partial charge in [-0.25, -0.2) is 9.97 Å². The number of rotatable bonds is 4. The third-order valence-electron chi connectivity index (χ3n) is 5.44. The maximum Gasteiger partial charge on any atom is 0.140 e. The SMILES string of the molecule is CCc1ncnc(N2CCC(O)(C(C)C)CC2)c1-c1ccc(C)nc1. The van der Waals surface area contributed by atoms with Crippen molar-refractivity contribution in [3.05, 3.63) is 36.0 Å². The summed E-state index contributed by atoms with van der Waals surface area (Å²) in [5, 5.41) is 10.8. The van der Waals surface area contributed by atoms with E-state index in [2.05, 4.69) is 46.7 Å². The molecule has 0 saturated carbocycles. The topological polar surface area (TPSA) is 62.1 Å². The van der Waals surface area contributed by atoms with Crippen LogP contribution in [0.3, 0.4) is 0 Å². The van der Waals surface area contributed by atoms with Gasteiger partial charge < -0.3 is 10.0 Å². The van der Waals surface area contributed by atoms with Gasteiger partial charge in [-0.1, -0.05) is 26.8 Å². The molecular weight excluding hydrogens is 312 g/mol. The molecule has 0 unspecified atom stereocenters. The van der Waals surface area contributed by atoms with Gasteiger partial charge in [0.25, 0.3) is 0 Å². The molecule has 3 rings (SSSR count). The molecule has 2 aromatic heterocycles. The molecule has 134 valence electrons. The first-order valence-corrected chi connectivity index (χ1v) is 9.19. The molecule has 0 aromatic carbocycles. The molecule has 0 atom stereocenters. The molecule has 0 spiro atoms. The van der Waals surface area contributed by atoms with Crippen molar-refractivity contribution in [3.8, 4) is 11.1 Å². The van der Waals surface area contributed by atoms with Gasteiger partial charge in [-0.2, -0.15) is 0 Å². The normalized spacial score (nSPS) is 17.1. The average Bonchev–Trinajstić information content (AvgIpc) is 2.62. The fourth-order valence-electron chi connectivity index (χ4n) is 3.51. The minimum absolute atomic E-state index is 0.270. The Bertz CT molecular complexity index is 719. The Morgan fingerprint density at radius 1 is 1.16 bits per heavy atom. The van der Waals surface area contributed by atoms with Gasteiger partial charge in [0.05, 0.1) is 11.3 Å². The largest absolute Gasteiger partial charge is 0.389 e. The van der Waals surface area contributed by atoms with Gasteiger partial charge in [0, 0.05) is 36.1 Å². The number of nitrogens with zero attached hydrogens (tertiary/aromatic N) is 4. The van der Waals surface area contributed by atoms with Crippen molar-refractivity contribution in [2.75, 3.05) is 18.0 Å². The molecule has 5 nitrogen and oxygen atoms in total. The Morgan fingerprint density at radius 2 is 1.88 bits per heavy atom. The zero-order chi connectivity index (χ0) is 18.0. The van der Waals surface area contributed by atoms with Gasteiger partial charge in [0.2, 0.25) is 0 Å². The maximum absolute atomic E-state index is 10.8. The third kappa shape index (κ3) is 3.52. The minimum atomic E-state index is -0.567. The molecule has 0 bridgehead atoms. The van der Waals surface area contributed by atoms with Crippen molar-refractivity contribution in [3.63, 3.8) is 0 Å². The third-order valence-corrected chi connectivity index (χ3v) is 5.44. The number of aliphatic hydroxyl groups is 1. The summed E-state index contributed by atoms with van der Waals surface area (Å²) >= 11 is 0. The monoisotopic (exact) mass is 340 g/mol. The molecule has 3 heterocycles. The van der Waals surface area contributed by atoms with E-state index >= 15 is 0 Å². The highest BCUT2D eigenvalue weighted by atomic mass is 16.3. The molecule has 0 aliphatic carbocycles. The number of piperidine rings is 1. The van der Waals surface area contributed by atoms with Crippen LogP contribution in [0.2, 0.25) is 0 Å². The summed E-state index contributed by atoms with van der Waals surface area (Å²) in [6, 6.07) is 4.12. The highest BCUT2D eigenvalue weighted by Crippen LogP contribution is 2.36. The highest BCUT2D eigenvalue weighted by Gasteiger charge is 2.36. The van der Waals surface area contributed by atoms with Gasteiger partial charge in [0.1, 0.15) is 12.1 Å². The number of aromatic nitrogens is 3. The van der Waals surface area contributed by atoms with Crippen LogP contribution in [-0.2, 0) is 6.42 Å². The fourth-order valence-corrected chi connectivity index (χ4v) is 3.51. The van der Waals surface area contributed by atoms with E-state index in [1.165, 1.54) is 0 Å². The molecule has 1 N–H and O–H groups in total. The summed E-state index contributed by atoms with van der Waals surface area (Å²) in [6.07, 6.45) is 5.94. The lowest BCUT2D eigenvalue weighted by molar-refractivity contribution is -0.0262. The van der Waals surface area contributed by atoms with Gasteiger partial charge in [-0.15, -0.1) is 0 Å². The van der Waals surface area contributed by atoms with E-state index < -0.39 is 5.60 Å². The quantitative estimate of drug-likeness (QED) is 0.924. The average molecular weight is 340 g/mol. The first-order chi connectivity index (χ1) is 11.9. The second-order valence-corrected chi connectivity index (χ2v) is 7.31. The number of anilines is 1. The van der Waals surface area contributed by atoms with Gasteiger partial charge in [-0.3, -0.25) is 4.98 Å². The van der Waals surface area contributed by atoms with Crippen LogP contribution >= 0.6 is 0 Å². The standard InChI is InChI=1S/C20H28N4O/c1-5-17-18(16-7-6-15(4)21-12-16)19(23-13-22-17)24-10-8-20(25,9-11-24)14(2)3/h6-7,12-14,25H,5,8-11H2,1-4H3. The zero-order valence-electron chi connectivity index (χ0n) is 15.7. The van der Waals surface area contributed by atoms with Crippen molar-refractivity contribution in [2.45, 2.75) is 52.6 Å². The Labute approximate surface area is 150 Å². The smallest absolute Gasteiger partial charge is 0.140 e. The van der Waals surface area contributed by atoms with Crippen molar-refractivity contribution in [1.82, 2.24) is 15.0 Å². The Morgan fingerprint density at radius 3 is 2.44 bits per heavy atom. The van der Waals surface area contributed by atoms with Crippen molar-refractivity contribution < 1.29 is 5.11 Å². The van der Waals surface area contributed by atoms with Gasteiger partial charge >= 0.3 is 0 Å². The van der Waals surface area contributed by atoms with E-state index in [1.54, 1.807) is 6.33 Å². The summed E-state index contributed by atoms with van der Waals surface area (Å²) in [5.41, 5.74) is 3.61. The predicted octanol–water partition coefficient (Wildman–Crippen LogP) is 3.40. The summed E-state index contributed by atoms with van der Waals surface area (Å²) in [7, 11) is 0. The highest BCUT2D eigenvalue weighted by molar-refractivity contribution is 5.77. The van der Waals surface area contributed by atoms with Crippen LogP contribution in [-0.4, -0.2) is 38.7 Å². The first kappa shape index (κ1) is 17.8. The van der Waals surface area contributed by atoms with E-state index in [1.807, 2.05) is 19.2 Å². The van der Waals surface area contributed by atoms with E-state index in [9.17, 15) is 5.11 Å². The second-order valence-electron chi connectivity index (χ2n) is 7.31. The molecule has 1 aliphatic rings. The molecule has 1 fully saturated rings. The molecule has 1 saturated heterocycles. The Hall–Kier alpha value is -2.01. The van der Waals surface area contributed by atoms with Crippen LogP contribution in [0.5, 0.6) is 0 Å². The number of pyridine rings is 1. The van der Waals surface area contributed by atoms with Crippen molar-refractivity contribution >= 4 is 5.82 Å². The van der Waals surface area contributed by atoms with Crippen LogP contribution in [0.25, 0.3) is 11.1 Å². The van der Waals surface area contributed by atoms with Crippen LogP contribution < -0.4 is 4.90 Å². The van der Waals surface area contributed by atoms with Crippen LogP contribution in [0.15, 0.2) is 24.7 Å². The zero-order valence-corrected chi connectivity index (χ0v) is 15.7. The second kappa shape index (κ2) is 7.08. The summed E-state index contributed by atoms with van der Waals surface area (Å²) in [6.45, 7) is 9.91. The van der Waals surface area contributed by atoms with Crippen LogP contribution in [0.1, 0.15) is 45.0 Å². The van der Waals surface area contributed by atoms with E-state index in [4.69, 9.17) is 0 Å². The molecule has 2 aromatic rings. The maximum atomic E-state index is 10.8. The Kier molecular flexibility index (Phi) is 5.04. The lowest BCUT2D eigenvalue weighted by Crippen LogP contribution is -2.47. The lowest BCUT2D eigenvalue weighted by Gasteiger charge is -2.41. The number of aryl methyl sites for hydroxylation is 2. The van der Waals surface area contributed by atoms with Crippen LogP contribution in [0.4, 0.5) is 5.82 Å². The summed E-state index contributed by atoms with van der Waals surface area (Å²) in [5.74, 6) is 1.23. The molecule has 0 radical (unpaired) electrons. The van der Waals surface area contributed by atoms with Crippen LogP contribution in [0, 0.1) is 12.8 Å². The predicted molar refractivity (Wildman–Crippen MR) is 101 cm³/mol. The van der Waals surface area contributed by atoms with E-state index in [-0.39, 0.29) is 5.92 Å². The molecular formula is C20H28N4O. The molecule has 0 amide bonds. The van der Waals surface area contributed by atoms with E-state index in [0.717, 1.165) is 60.7 Å². The molecule has 25 heavy (non-hydrogen) atoms. The summed E-state index contributed by atoms with van der Waals surface area (Å²) < 4.78 is 0. The minimum Gasteiger partial charge on any atom is -0.389 e. The molecule has 5 heteroatoms. The van der Waals surface area contributed by atoms with Crippen molar-refractivity contribution in [1.29, 1.82) is 0 Å². The number of hydrogen-bond acceptors (Lipinski definition) is 5. The number of hydrogen-bond donors (Lipinski definition) is 1.